The van der Waals surface area contributed by atoms with E-state index >= 15 is 0 Å². The monoisotopic (exact) mass is 241 g/mol. The SMILES string of the molecule is CN(Cc1ccc(Cl)cc1)CC(C)(C)CO. The third-order valence-electron chi connectivity index (χ3n) is 2.49. The summed E-state index contributed by atoms with van der Waals surface area (Å²) in [4.78, 5) is 2.21. The van der Waals surface area contributed by atoms with Gasteiger partial charge in [-0.3, -0.25) is 0 Å². The van der Waals surface area contributed by atoms with Crippen molar-refractivity contribution in [2.24, 2.45) is 5.41 Å². The summed E-state index contributed by atoms with van der Waals surface area (Å²) in [7, 11) is 2.06. The Bertz CT molecular complexity index is 321. The Morgan fingerprint density at radius 1 is 1.25 bits per heavy atom. The first-order chi connectivity index (χ1) is 7.43. The Kier molecular flexibility index (Phi) is 4.78. The third-order valence-corrected chi connectivity index (χ3v) is 2.74. The van der Waals surface area contributed by atoms with Crippen LogP contribution in [0.4, 0.5) is 0 Å². The van der Waals surface area contributed by atoms with E-state index in [1.54, 1.807) is 0 Å². The highest BCUT2D eigenvalue weighted by Crippen LogP contribution is 2.17. The number of rotatable bonds is 5. The maximum absolute atomic E-state index is 9.20. The lowest BCUT2D eigenvalue weighted by Gasteiger charge is -2.28. The number of aliphatic hydroxyl groups excluding tert-OH is 1. The maximum Gasteiger partial charge on any atom is 0.0494 e. The average molecular weight is 242 g/mol. The molecule has 0 aromatic heterocycles. The second-order valence-corrected chi connectivity index (χ2v) is 5.56. The van der Waals surface area contributed by atoms with Crippen LogP contribution in [0.3, 0.4) is 0 Å². The van der Waals surface area contributed by atoms with Gasteiger partial charge >= 0.3 is 0 Å². The highest BCUT2D eigenvalue weighted by atomic mass is 35.5. The third kappa shape index (κ3) is 4.52. The number of hydrogen-bond donors (Lipinski definition) is 1. The summed E-state index contributed by atoms with van der Waals surface area (Å²) >= 11 is 5.83. The zero-order valence-electron chi connectivity index (χ0n) is 10.2. The summed E-state index contributed by atoms with van der Waals surface area (Å²) in [5.41, 5.74) is 1.18. The van der Waals surface area contributed by atoms with Crippen LogP contribution in [0.15, 0.2) is 24.3 Å². The quantitative estimate of drug-likeness (QED) is 0.857. The number of nitrogens with zero attached hydrogens (tertiary/aromatic N) is 1. The van der Waals surface area contributed by atoms with Gasteiger partial charge in [0.25, 0.3) is 0 Å². The molecule has 0 aliphatic rings. The van der Waals surface area contributed by atoms with E-state index in [9.17, 15) is 5.11 Å². The topological polar surface area (TPSA) is 23.5 Å². The van der Waals surface area contributed by atoms with E-state index in [0.717, 1.165) is 18.1 Å². The van der Waals surface area contributed by atoms with Crippen LogP contribution in [0.25, 0.3) is 0 Å². The van der Waals surface area contributed by atoms with Gasteiger partial charge in [0.2, 0.25) is 0 Å². The standard InChI is InChI=1S/C13H20ClNO/c1-13(2,10-16)9-15(3)8-11-4-6-12(14)7-5-11/h4-7,16H,8-10H2,1-3H3. The zero-order chi connectivity index (χ0) is 12.2. The van der Waals surface area contributed by atoms with Gasteiger partial charge in [-0.25, -0.2) is 0 Å². The van der Waals surface area contributed by atoms with E-state index in [4.69, 9.17) is 11.6 Å². The van der Waals surface area contributed by atoms with E-state index < -0.39 is 0 Å². The van der Waals surface area contributed by atoms with E-state index in [1.807, 2.05) is 24.3 Å². The smallest absolute Gasteiger partial charge is 0.0494 e. The largest absolute Gasteiger partial charge is 0.396 e. The molecule has 1 N–H and O–H groups in total. The van der Waals surface area contributed by atoms with Gasteiger partial charge in [0.05, 0.1) is 0 Å². The Morgan fingerprint density at radius 3 is 2.31 bits per heavy atom. The van der Waals surface area contributed by atoms with Crippen molar-refractivity contribution in [3.63, 3.8) is 0 Å². The zero-order valence-corrected chi connectivity index (χ0v) is 11.0. The van der Waals surface area contributed by atoms with Gasteiger partial charge in [0, 0.05) is 30.1 Å². The molecule has 0 unspecified atom stereocenters. The summed E-state index contributed by atoms with van der Waals surface area (Å²) in [6.45, 7) is 6.07. The molecule has 0 aliphatic carbocycles. The second kappa shape index (κ2) is 5.67. The number of halogens is 1. The number of aliphatic hydroxyl groups is 1. The summed E-state index contributed by atoms with van der Waals surface area (Å²) in [6.07, 6.45) is 0. The molecule has 1 aromatic carbocycles. The van der Waals surface area contributed by atoms with Gasteiger partial charge < -0.3 is 10.0 Å². The fourth-order valence-corrected chi connectivity index (χ4v) is 1.86. The molecule has 0 aliphatic heterocycles. The van der Waals surface area contributed by atoms with E-state index in [0.29, 0.717) is 0 Å². The molecule has 0 spiro atoms. The number of benzene rings is 1. The van der Waals surface area contributed by atoms with Crippen molar-refractivity contribution in [2.75, 3.05) is 20.2 Å². The van der Waals surface area contributed by atoms with Crippen LogP contribution in [0.1, 0.15) is 19.4 Å². The maximum atomic E-state index is 9.20. The molecule has 90 valence electrons. The Hall–Kier alpha value is -0.570. The molecule has 2 nitrogen and oxygen atoms in total. The van der Waals surface area contributed by atoms with Gasteiger partial charge in [-0.1, -0.05) is 37.6 Å². The molecule has 0 atom stereocenters. The summed E-state index contributed by atoms with van der Waals surface area (Å²) in [5, 5.41) is 9.97. The van der Waals surface area contributed by atoms with Crippen molar-refractivity contribution in [2.45, 2.75) is 20.4 Å². The highest BCUT2D eigenvalue weighted by Gasteiger charge is 2.18. The molecule has 0 fully saturated rings. The molecule has 0 bridgehead atoms. The first kappa shape index (κ1) is 13.5. The molecule has 0 amide bonds. The lowest BCUT2D eigenvalue weighted by atomic mass is 9.94. The van der Waals surface area contributed by atoms with Crippen molar-refractivity contribution in [1.29, 1.82) is 0 Å². The lowest BCUT2D eigenvalue weighted by Crippen LogP contribution is -2.33. The normalized spacial score (nSPS) is 12.1. The molecular formula is C13H20ClNO. The van der Waals surface area contributed by atoms with Crippen molar-refractivity contribution in [1.82, 2.24) is 4.90 Å². The van der Waals surface area contributed by atoms with Gasteiger partial charge in [-0.05, 0) is 24.7 Å². The fraction of sp³-hybridized carbons (Fsp3) is 0.538. The molecule has 1 aromatic rings. The minimum Gasteiger partial charge on any atom is -0.396 e. The Morgan fingerprint density at radius 2 is 1.81 bits per heavy atom. The van der Waals surface area contributed by atoms with Crippen LogP contribution >= 0.6 is 11.6 Å². The summed E-state index contributed by atoms with van der Waals surface area (Å²) < 4.78 is 0. The van der Waals surface area contributed by atoms with Crippen LogP contribution in [0.2, 0.25) is 5.02 Å². The highest BCUT2D eigenvalue weighted by molar-refractivity contribution is 6.30. The predicted molar refractivity (Wildman–Crippen MR) is 68.7 cm³/mol. The van der Waals surface area contributed by atoms with E-state index in [2.05, 4.69) is 25.8 Å². The van der Waals surface area contributed by atoms with Gasteiger partial charge in [0.1, 0.15) is 0 Å². The van der Waals surface area contributed by atoms with Crippen LogP contribution < -0.4 is 0 Å². The Labute approximate surface area is 103 Å². The lowest BCUT2D eigenvalue weighted by molar-refractivity contribution is 0.112. The van der Waals surface area contributed by atoms with Gasteiger partial charge in [-0.2, -0.15) is 0 Å². The van der Waals surface area contributed by atoms with Crippen molar-refractivity contribution >= 4 is 11.6 Å². The Balaban J connectivity index is 2.51. The molecular weight excluding hydrogens is 222 g/mol. The first-order valence-electron chi connectivity index (χ1n) is 5.47. The molecule has 3 heteroatoms. The molecule has 0 heterocycles. The van der Waals surface area contributed by atoms with E-state index in [1.165, 1.54) is 5.56 Å². The van der Waals surface area contributed by atoms with Crippen LogP contribution in [0, 0.1) is 5.41 Å². The minimum absolute atomic E-state index is 0.0544. The molecule has 0 saturated carbocycles. The molecule has 16 heavy (non-hydrogen) atoms. The van der Waals surface area contributed by atoms with Crippen molar-refractivity contribution in [3.8, 4) is 0 Å². The van der Waals surface area contributed by atoms with E-state index in [-0.39, 0.29) is 12.0 Å². The van der Waals surface area contributed by atoms with Crippen molar-refractivity contribution < 1.29 is 5.11 Å². The second-order valence-electron chi connectivity index (χ2n) is 5.12. The van der Waals surface area contributed by atoms with Crippen LogP contribution in [-0.2, 0) is 6.54 Å². The molecule has 1 rings (SSSR count). The first-order valence-corrected chi connectivity index (χ1v) is 5.84. The predicted octanol–water partition coefficient (Wildman–Crippen LogP) is 2.79. The molecule has 0 radical (unpaired) electrons. The van der Waals surface area contributed by atoms with Crippen LogP contribution in [0.5, 0.6) is 0 Å². The average Bonchev–Trinajstić information content (AvgIpc) is 2.21. The van der Waals surface area contributed by atoms with Gasteiger partial charge in [0.15, 0.2) is 0 Å². The summed E-state index contributed by atoms with van der Waals surface area (Å²) in [6, 6.07) is 7.87. The molecule has 0 saturated heterocycles. The number of hydrogen-bond acceptors (Lipinski definition) is 2. The minimum atomic E-state index is -0.0544. The van der Waals surface area contributed by atoms with Crippen LogP contribution in [-0.4, -0.2) is 30.2 Å². The van der Waals surface area contributed by atoms with Gasteiger partial charge in [-0.15, -0.1) is 0 Å². The fourth-order valence-electron chi connectivity index (χ4n) is 1.74. The van der Waals surface area contributed by atoms with Crippen molar-refractivity contribution in [3.05, 3.63) is 34.9 Å². The summed E-state index contributed by atoms with van der Waals surface area (Å²) in [5.74, 6) is 0.